The predicted octanol–water partition coefficient (Wildman–Crippen LogP) is 4.06. The molecule has 24 heavy (non-hydrogen) atoms. The quantitative estimate of drug-likeness (QED) is 0.443. The molecule has 0 bridgehead atoms. The smallest absolute Gasteiger partial charge is 0.269 e. The summed E-state index contributed by atoms with van der Waals surface area (Å²) in [4.78, 5) is 20.6. The molecule has 0 fully saturated rings. The first-order chi connectivity index (χ1) is 11.7. The molecule has 7 heteroatoms. The second-order valence-electron chi connectivity index (χ2n) is 5.85. The van der Waals surface area contributed by atoms with E-state index in [9.17, 15) is 10.1 Å². The molecule has 6 nitrogen and oxygen atoms in total. The van der Waals surface area contributed by atoms with Gasteiger partial charge in [0.15, 0.2) is 4.96 Å². The van der Waals surface area contributed by atoms with Crippen LogP contribution >= 0.6 is 11.3 Å². The monoisotopic (exact) mass is 336 g/mol. The second-order valence-corrected chi connectivity index (χ2v) is 6.91. The molecule has 0 atom stereocenters. The van der Waals surface area contributed by atoms with Crippen LogP contribution in [0.1, 0.15) is 10.4 Å². The van der Waals surface area contributed by atoms with Gasteiger partial charge in [0.2, 0.25) is 0 Å². The van der Waals surface area contributed by atoms with Crippen LogP contribution in [-0.2, 0) is 12.8 Å². The summed E-state index contributed by atoms with van der Waals surface area (Å²) >= 11 is 1.72. The van der Waals surface area contributed by atoms with Crippen molar-refractivity contribution in [3.8, 4) is 22.5 Å². The van der Waals surface area contributed by atoms with Gasteiger partial charge in [-0.15, -0.1) is 11.3 Å². The van der Waals surface area contributed by atoms with Crippen molar-refractivity contribution in [1.29, 1.82) is 0 Å². The van der Waals surface area contributed by atoms with Gasteiger partial charge >= 0.3 is 0 Å². The van der Waals surface area contributed by atoms with Gasteiger partial charge < -0.3 is 4.98 Å². The van der Waals surface area contributed by atoms with Crippen molar-refractivity contribution in [2.24, 2.45) is 0 Å². The average Bonchev–Trinajstić information content (AvgIpc) is 3.27. The molecule has 1 aromatic carbocycles. The van der Waals surface area contributed by atoms with Crippen LogP contribution in [0, 0.1) is 10.1 Å². The Morgan fingerprint density at radius 1 is 1.21 bits per heavy atom. The van der Waals surface area contributed by atoms with E-state index in [4.69, 9.17) is 4.98 Å². The number of thiazole rings is 1. The normalized spacial score (nSPS) is 13.0. The number of nitro groups is 1. The molecule has 0 saturated heterocycles. The molecule has 3 aromatic heterocycles. The largest absolute Gasteiger partial charge is 0.367 e. The fraction of sp³-hybridized carbons (Fsp3) is 0.118. The minimum Gasteiger partial charge on any atom is -0.367 e. The highest BCUT2D eigenvalue weighted by Gasteiger charge is 2.23. The zero-order valence-corrected chi connectivity index (χ0v) is 13.3. The van der Waals surface area contributed by atoms with Gasteiger partial charge in [-0.25, -0.2) is 4.98 Å². The molecule has 0 amide bonds. The molecule has 0 unspecified atom stereocenters. The molecule has 118 valence electrons. The first-order valence-electron chi connectivity index (χ1n) is 7.62. The minimum atomic E-state index is -0.390. The molecule has 5 rings (SSSR count). The second kappa shape index (κ2) is 4.78. The first-order valence-corrected chi connectivity index (χ1v) is 8.44. The van der Waals surface area contributed by atoms with Crippen LogP contribution < -0.4 is 0 Å². The van der Waals surface area contributed by atoms with Crippen LogP contribution in [0.3, 0.4) is 0 Å². The number of hydrogen-bond donors (Lipinski definition) is 1. The van der Waals surface area contributed by atoms with Crippen LogP contribution in [0.5, 0.6) is 0 Å². The number of nitro benzene ring substituents is 1. The van der Waals surface area contributed by atoms with Crippen molar-refractivity contribution < 1.29 is 4.92 Å². The lowest BCUT2D eigenvalue weighted by Gasteiger charge is -2.11. The molecule has 0 spiro atoms. The Labute approximate surface area is 140 Å². The lowest BCUT2D eigenvalue weighted by atomic mass is 9.98. The van der Waals surface area contributed by atoms with Gasteiger partial charge in [0, 0.05) is 46.7 Å². The number of imidazole rings is 1. The summed E-state index contributed by atoms with van der Waals surface area (Å²) in [6.45, 7) is 0. The lowest BCUT2D eigenvalue weighted by molar-refractivity contribution is -0.384. The van der Waals surface area contributed by atoms with Crippen molar-refractivity contribution in [2.45, 2.75) is 12.8 Å². The third-order valence-corrected chi connectivity index (χ3v) is 5.59. The van der Waals surface area contributed by atoms with Crippen molar-refractivity contribution >= 4 is 22.0 Å². The van der Waals surface area contributed by atoms with Gasteiger partial charge in [0.05, 0.1) is 16.3 Å². The van der Waals surface area contributed by atoms with Crippen LogP contribution in [0.25, 0.3) is 27.5 Å². The molecule has 1 aliphatic carbocycles. The Balaban J connectivity index is 1.64. The van der Waals surface area contributed by atoms with Crippen LogP contribution in [-0.4, -0.2) is 19.3 Å². The fourth-order valence-electron chi connectivity index (χ4n) is 3.30. The van der Waals surface area contributed by atoms with Crippen LogP contribution in [0.2, 0.25) is 0 Å². The number of non-ortho nitro benzene ring substituents is 1. The Morgan fingerprint density at radius 2 is 2.04 bits per heavy atom. The first kappa shape index (κ1) is 13.5. The number of rotatable bonds is 2. The highest BCUT2D eigenvalue weighted by atomic mass is 32.1. The Hall–Kier alpha value is -2.93. The highest BCUT2D eigenvalue weighted by Crippen LogP contribution is 2.39. The Kier molecular flexibility index (Phi) is 2.69. The molecule has 1 aliphatic rings. The van der Waals surface area contributed by atoms with Crippen molar-refractivity contribution in [3.63, 3.8) is 0 Å². The molecule has 0 saturated carbocycles. The molecule has 0 radical (unpaired) electrons. The summed E-state index contributed by atoms with van der Waals surface area (Å²) in [7, 11) is 0. The van der Waals surface area contributed by atoms with Crippen LogP contribution in [0.4, 0.5) is 5.69 Å². The summed E-state index contributed by atoms with van der Waals surface area (Å²) in [5.41, 5.74) is 5.62. The van der Waals surface area contributed by atoms with Gasteiger partial charge in [0.25, 0.3) is 5.69 Å². The number of fused-ring (bicyclic) bond motifs is 5. The third kappa shape index (κ3) is 1.85. The van der Waals surface area contributed by atoms with E-state index in [2.05, 4.69) is 15.6 Å². The lowest BCUT2D eigenvalue weighted by Crippen LogP contribution is -2.00. The summed E-state index contributed by atoms with van der Waals surface area (Å²) in [6, 6.07) is 6.53. The Bertz CT molecular complexity index is 1090. The summed E-state index contributed by atoms with van der Waals surface area (Å²) in [5.74, 6) is 0. The number of aryl methyl sites for hydroxylation is 2. The number of aromatic nitrogens is 3. The van der Waals surface area contributed by atoms with E-state index >= 15 is 0 Å². The number of benzene rings is 1. The number of hydrogen-bond acceptors (Lipinski definition) is 4. The maximum absolute atomic E-state index is 10.8. The maximum Gasteiger partial charge on any atom is 0.269 e. The van der Waals surface area contributed by atoms with E-state index in [1.54, 1.807) is 23.5 Å². The maximum atomic E-state index is 10.8. The summed E-state index contributed by atoms with van der Waals surface area (Å²) in [6.07, 6.45) is 8.24. The van der Waals surface area contributed by atoms with Gasteiger partial charge in [-0.05, 0) is 30.5 Å². The average molecular weight is 336 g/mol. The van der Waals surface area contributed by atoms with Gasteiger partial charge in [0.1, 0.15) is 0 Å². The topological polar surface area (TPSA) is 76.2 Å². The van der Waals surface area contributed by atoms with Crippen molar-refractivity contribution in [2.75, 3.05) is 0 Å². The summed E-state index contributed by atoms with van der Waals surface area (Å²) in [5, 5.41) is 10.8. The highest BCUT2D eigenvalue weighted by molar-refractivity contribution is 7.17. The zero-order valence-electron chi connectivity index (χ0n) is 12.5. The Morgan fingerprint density at radius 3 is 2.83 bits per heavy atom. The van der Waals surface area contributed by atoms with Gasteiger partial charge in [-0.3, -0.25) is 14.5 Å². The van der Waals surface area contributed by atoms with Gasteiger partial charge in [-0.1, -0.05) is 0 Å². The summed E-state index contributed by atoms with van der Waals surface area (Å²) < 4.78 is 2.14. The van der Waals surface area contributed by atoms with E-state index in [1.165, 1.54) is 33.8 Å². The van der Waals surface area contributed by atoms with E-state index in [-0.39, 0.29) is 10.6 Å². The zero-order chi connectivity index (χ0) is 16.3. The standard InChI is InChI=1S/C17H12N4O2S/c22-21(23)12-4-1-10(2-5-12)14-9-20-16-13-8-18-7-11(13)3-6-15(16)24-17(20)19-14/h1-2,4-5,7-9,18H,3,6H2. The van der Waals surface area contributed by atoms with E-state index < -0.39 is 0 Å². The number of aromatic amines is 1. The van der Waals surface area contributed by atoms with Crippen molar-refractivity contribution in [3.05, 3.63) is 63.4 Å². The molecule has 4 aromatic rings. The minimum absolute atomic E-state index is 0.0918. The fourth-order valence-corrected chi connectivity index (χ4v) is 4.42. The molecule has 3 heterocycles. The molecule has 1 N–H and O–H groups in total. The third-order valence-electron chi connectivity index (χ3n) is 4.47. The number of H-pyrrole nitrogens is 1. The van der Waals surface area contributed by atoms with Crippen LogP contribution in [0.15, 0.2) is 42.9 Å². The van der Waals surface area contributed by atoms with E-state index in [1.807, 2.05) is 12.4 Å². The van der Waals surface area contributed by atoms with Gasteiger partial charge in [-0.2, -0.15) is 0 Å². The van der Waals surface area contributed by atoms with E-state index in [0.29, 0.717) is 0 Å². The van der Waals surface area contributed by atoms with E-state index in [0.717, 1.165) is 29.1 Å². The molecular formula is C17H12N4O2S. The number of nitrogens with zero attached hydrogens (tertiary/aromatic N) is 3. The molecule has 0 aliphatic heterocycles. The molecular weight excluding hydrogens is 324 g/mol. The van der Waals surface area contributed by atoms with Crippen molar-refractivity contribution in [1.82, 2.24) is 14.4 Å². The predicted molar refractivity (Wildman–Crippen MR) is 92.4 cm³/mol. The SMILES string of the molecule is O=[N+]([O-])c1ccc(-c2cn3c4c(sc3n2)CCc2c[nH]cc2-4)cc1. The number of nitrogens with one attached hydrogen (secondary N) is 1.